The number of rotatable bonds is 2. The normalized spacial score (nSPS) is 12.9. The molecule has 1 unspecified atom stereocenters. The Labute approximate surface area is 54.4 Å². The summed E-state index contributed by atoms with van der Waals surface area (Å²) in [6.45, 7) is 5.24. The van der Waals surface area contributed by atoms with Crippen LogP contribution in [0.25, 0.3) is 0 Å². The fraction of sp³-hybridized carbons (Fsp3) is 0.333. The van der Waals surface area contributed by atoms with Gasteiger partial charge in [0.25, 0.3) is 0 Å². The highest BCUT2D eigenvalue weighted by atomic mass is 32.9. The van der Waals surface area contributed by atoms with E-state index >= 15 is 0 Å². The zero-order chi connectivity index (χ0) is 5.86. The van der Waals surface area contributed by atoms with Gasteiger partial charge in [0.05, 0.1) is 5.76 Å². The van der Waals surface area contributed by atoms with Crippen molar-refractivity contribution >= 4 is 30.2 Å². The summed E-state index contributed by atoms with van der Waals surface area (Å²) < 4.78 is 4.84. The molecule has 0 aromatic rings. The van der Waals surface area contributed by atoms with Crippen molar-refractivity contribution in [2.45, 2.75) is 6.92 Å². The lowest BCUT2D eigenvalue weighted by Crippen LogP contribution is -1.65. The second-order valence-electron chi connectivity index (χ2n) is 1.07. The van der Waals surface area contributed by atoms with Crippen LogP contribution in [-0.2, 0) is 16.3 Å². The van der Waals surface area contributed by atoms with Crippen molar-refractivity contribution in [3.63, 3.8) is 0 Å². The third-order valence-corrected chi connectivity index (χ3v) is 1.31. The van der Waals surface area contributed by atoms with Gasteiger partial charge in [-0.2, -0.15) is 0 Å². The summed E-state index contributed by atoms with van der Waals surface area (Å²) in [5, 5.41) is 0. The summed E-state index contributed by atoms with van der Waals surface area (Å²) in [4.78, 5) is 0. The highest BCUT2D eigenvalue weighted by Crippen LogP contribution is 2.29. The van der Waals surface area contributed by atoms with Gasteiger partial charge in [-0.1, -0.05) is 6.58 Å². The van der Waals surface area contributed by atoms with Crippen LogP contribution < -0.4 is 0 Å². The van der Waals surface area contributed by atoms with Gasteiger partial charge in [-0.25, -0.2) is 0 Å². The number of hydrogen-bond acceptors (Lipinski definition) is 2. The van der Waals surface area contributed by atoms with Crippen LogP contribution in [-0.4, -0.2) is 0 Å². The number of thiol groups is 1. The van der Waals surface area contributed by atoms with Gasteiger partial charge in [-0.3, -0.25) is 0 Å². The van der Waals surface area contributed by atoms with E-state index in [0.29, 0.717) is 5.76 Å². The molecule has 0 aliphatic carbocycles. The molecular formula is C3H7OPS2. The van der Waals surface area contributed by atoms with Crippen LogP contribution in [0.1, 0.15) is 6.92 Å². The molecule has 0 heterocycles. The number of hydrogen-bond donors (Lipinski definition) is 1. The molecule has 0 saturated heterocycles. The molecule has 0 rings (SSSR count). The zero-order valence-electron chi connectivity index (χ0n) is 3.97. The van der Waals surface area contributed by atoms with E-state index in [1.54, 1.807) is 6.92 Å². The Balaban J connectivity index is 3.32. The molecule has 0 N–H and O–H groups in total. The van der Waals surface area contributed by atoms with E-state index in [1.165, 1.54) is 0 Å². The van der Waals surface area contributed by atoms with Gasteiger partial charge in [-0.05, 0) is 18.7 Å². The van der Waals surface area contributed by atoms with E-state index in [9.17, 15) is 0 Å². The van der Waals surface area contributed by atoms with Crippen LogP contribution in [0.4, 0.5) is 0 Å². The lowest BCUT2D eigenvalue weighted by atomic mass is 10.7. The van der Waals surface area contributed by atoms with Crippen molar-refractivity contribution in [1.82, 2.24) is 0 Å². The van der Waals surface area contributed by atoms with E-state index in [-0.39, 0.29) is 0 Å². The van der Waals surface area contributed by atoms with Crippen LogP contribution in [0, 0.1) is 0 Å². The standard InChI is InChI=1S/C3H7OPS2/c1-3(2)4-5(6)7/h5H,1H2,2H3,(H,6,7). The van der Waals surface area contributed by atoms with Crippen molar-refractivity contribution in [1.29, 1.82) is 0 Å². The van der Waals surface area contributed by atoms with Crippen LogP contribution in [0.3, 0.4) is 0 Å². The maximum absolute atomic E-state index is 4.84. The Morgan fingerprint density at radius 3 is 2.43 bits per heavy atom. The summed E-state index contributed by atoms with van der Waals surface area (Å²) >= 11 is 8.51. The summed E-state index contributed by atoms with van der Waals surface area (Å²) in [5.74, 6) is 0.652. The topological polar surface area (TPSA) is 9.23 Å². The maximum atomic E-state index is 4.84. The third-order valence-electron chi connectivity index (χ3n) is 0.262. The molecule has 0 aliphatic heterocycles. The monoisotopic (exact) mass is 154 g/mol. The molecule has 0 spiro atoms. The molecule has 42 valence electrons. The van der Waals surface area contributed by atoms with Gasteiger partial charge in [0.15, 0.2) is 6.13 Å². The van der Waals surface area contributed by atoms with E-state index in [0.717, 1.165) is 0 Å². The molecule has 0 fully saturated rings. The van der Waals surface area contributed by atoms with E-state index in [1.807, 2.05) is 0 Å². The van der Waals surface area contributed by atoms with Crippen molar-refractivity contribution in [2.24, 2.45) is 0 Å². The van der Waals surface area contributed by atoms with Crippen molar-refractivity contribution in [3.8, 4) is 0 Å². The second kappa shape index (κ2) is 3.53. The van der Waals surface area contributed by atoms with Gasteiger partial charge in [-0.15, -0.1) is 12.2 Å². The molecule has 7 heavy (non-hydrogen) atoms. The first-order chi connectivity index (χ1) is 3.13. The smallest absolute Gasteiger partial charge is 0.152 e. The van der Waals surface area contributed by atoms with Crippen LogP contribution >= 0.6 is 18.4 Å². The molecule has 0 aromatic carbocycles. The minimum Gasteiger partial charge on any atom is -0.465 e. The largest absolute Gasteiger partial charge is 0.465 e. The van der Waals surface area contributed by atoms with Crippen molar-refractivity contribution in [3.05, 3.63) is 12.3 Å². The third kappa shape index (κ3) is 6.54. The molecular weight excluding hydrogens is 147 g/mol. The molecule has 0 radical (unpaired) electrons. The first-order valence-electron chi connectivity index (χ1n) is 1.69. The first kappa shape index (κ1) is 7.54. The lowest BCUT2D eigenvalue weighted by molar-refractivity contribution is 0.499. The summed E-state index contributed by atoms with van der Waals surface area (Å²) in [7, 11) is 0. The zero-order valence-corrected chi connectivity index (χ0v) is 6.68. The van der Waals surface area contributed by atoms with Crippen molar-refractivity contribution in [2.75, 3.05) is 0 Å². The van der Waals surface area contributed by atoms with Gasteiger partial charge in [0.2, 0.25) is 0 Å². The predicted molar refractivity (Wildman–Crippen MR) is 40.6 cm³/mol. The Morgan fingerprint density at radius 2 is 2.43 bits per heavy atom. The van der Waals surface area contributed by atoms with E-state index in [4.69, 9.17) is 4.52 Å². The number of allylic oxidation sites excluding steroid dienone is 1. The minimum absolute atomic E-state index is 0.652. The molecule has 1 nitrogen and oxygen atoms in total. The Hall–Kier alpha value is 0.540. The summed E-state index contributed by atoms with van der Waals surface area (Å²) in [5.41, 5.74) is 0. The van der Waals surface area contributed by atoms with Gasteiger partial charge in [0, 0.05) is 0 Å². The van der Waals surface area contributed by atoms with Crippen LogP contribution in [0.2, 0.25) is 0 Å². The molecule has 4 heteroatoms. The molecule has 0 saturated carbocycles. The van der Waals surface area contributed by atoms with E-state index in [2.05, 4.69) is 30.6 Å². The van der Waals surface area contributed by atoms with Gasteiger partial charge >= 0.3 is 0 Å². The average Bonchev–Trinajstić information content (AvgIpc) is 1.27. The van der Waals surface area contributed by atoms with Crippen molar-refractivity contribution < 1.29 is 4.52 Å². The summed E-state index contributed by atoms with van der Waals surface area (Å²) in [6, 6.07) is 0. The molecule has 1 atom stereocenters. The average molecular weight is 154 g/mol. The quantitative estimate of drug-likeness (QED) is 0.370. The Kier molecular flexibility index (Phi) is 3.80. The predicted octanol–water partition coefficient (Wildman–Crippen LogP) is 1.97. The molecule has 0 bridgehead atoms. The van der Waals surface area contributed by atoms with Gasteiger partial charge < -0.3 is 4.52 Å². The molecule has 0 aromatic heterocycles. The maximum Gasteiger partial charge on any atom is 0.152 e. The first-order valence-corrected chi connectivity index (χ1v) is 5.52. The SMILES string of the molecule is C=C(C)O[PH](=S)S. The Bertz CT molecular complexity index is 89.1. The fourth-order valence-corrected chi connectivity index (χ4v) is 1.34. The lowest BCUT2D eigenvalue weighted by Gasteiger charge is -1.98. The highest BCUT2D eigenvalue weighted by molar-refractivity contribution is 8.54. The second-order valence-corrected chi connectivity index (χ2v) is 5.04. The van der Waals surface area contributed by atoms with E-state index < -0.39 is 6.13 Å². The fourth-order valence-electron chi connectivity index (χ4n) is 0.149. The summed E-state index contributed by atoms with van der Waals surface area (Å²) in [6.07, 6.45) is -1.26. The molecule has 0 amide bonds. The molecule has 0 aliphatic rings. The van der Waals surface area contributed by atoms with Crippen LogP contribution in [0.5, 0.6) is 0 Å². The Morgan fingerprint density at radius 1 is 2.00 bits per heavy atom. The highest BCUT2D eigenvalue weighted by Gasteiger charge is 1.81. The van der Waals surface area contributed by atoms with Gasteiger partial charge in [0.1, 0.15) is 0 Å². The minimum atomic E-state index is -1.26. The van der Waals surface area contributed by atoms with Crippen LogP contribution in [0.15, 0.2) is 12.3 Å².